The number of amides is 1. The summed E-state index contributed by atoms with van der Waals surface area (Å²) in [6, 6.07) is 17.2. The maximum Gasteiger partial charge on any atom is 0.231 e. The van der Waals surface area contributed by atoms with E-state index in [1.807, 2.05) is 24.3 Å². The molecule has 0 bridgehead atoms. The molecule has 1 aliphatic rings. The molecular formula is C26H18Cl5NO2. The molecule has 1 amide bonds. The molecule has 1 fully saturated rings. The molecule has 0 spiro atoms. The fourth-order valence-corrected chi connectivity index (χ4v) is 5.51. The van der Waals surface area contributed by atoms with Crippen molar-refractivity contribution in [1.82, 2.24) is 0 Å². The number of nitrogens with one attached hydrogen (secondary N) is 1. The minimum Gasteiger partial charge on any atom is -0.326 e. The Hall–Kier alpha value is -2.01. The minimum atomic E-state index is -1.30. The lowest BCUT2D eigenvalue weighted by atomic mass is 10.0. The number of anilines is 1. The van der Waals surface area contributed by atoms with Gasteiger partial charge < -0.3 is 5.32 Å². The van der Waals surface area contributed by atoms with E-state index in [0.29, 0.717) is 31.9 Å². The fraction of sp³-hybridized carbons (Fsp3) is 0.154. The van der Waals surface area contributed by atoms with Gasteiger partial charge in [0, 0.05) is 33.6 Å². The summed E-state index contributed by atoms with van der Waals surface area (Å²) < 4.78 is -1.30. The number of rotatable bonds is 7. The summed E-state index contributed by atoms with van der Waals surface area (Å²) >= 11 is 31.3. The van der Waals surface area contributed by atoms with E-state index in [-0.39, 0.29) is 18.1 Å². The SMILES string of the molecule is C=Cc1ccc(CC(=O)c2cc(NC(=O)C3C(c4cc(Cl)cc(Cl)c4)C3(Cl)Cl)ccc2Cl)cc1. The average Bonchev–Trinajstić information content (AvgIpc) is 3.37. The van der Waals surface area contributed by atoms with Crippen LogP contribution in [0.1, 0.15) is 33.0 Å². The van der Waals surface area contributed by atoms with Gasteiger partial charge in [-0.25, -0.2) is 0 Å². The molecule has 8 heteroatoms. The van der Waals surface area contributed by atoms with Crippen molar-refractivity contribution in [2.45, 2.75) is 16.7 Å². The topological polar surface area (TPSA) is 46.2 Å². The Morgan fingerprint density at radius 3 is 2.21 bits per heavy atom. The van der Waals surface area contributed by atoms with Crippen molar-refractivity contribution in [3.05, 3.63) is 105 Å². The number of hydrogen-bond donors (Lipinski definition) is 1. The second kappa shape index (κ2) is 9.93. The number of alkyl halides is 2. The Balaban J connectivity index is 1.49. The molecule has 1 saturated carbocycles. The van der Waals surface area contributed by atoms with Crippen molar-refractivity contribution < 1.29 is 9.59 Å². The molecule has 4 rings (SSSR count). The van der Waals surface area contributed by atoms with Crippen LogP contribution >= 0.6 is 58.0 Å². The molecule has 0 saturated heterocycles. The minimum absolute atomic E-state index is 0.168. The van der Waals surface area contributed by atoms with E-state index < -0.39 is 16.2 Å². The predicted molar refractivity (Wildman–Crippen MR) is 142 cm³/mol. The number of ketones is 1. The molecule has 0 heterocycles. The number of Topliss-reactive ketones (excluding diaryl/α,β-unsaturated/α-hetero) is 1. The van der Waals surface area contributed by atoms with Crippen LogP contribution in [-0.2, 0) is 11.2 Å². The zero-order valence-electron chi connectivity index (χ0n) is 17.6. The van der Waals surface area contributed by atoms with E-state index in [4.69, 9.17) is 58.0 Å². The highest BCUT2D eigenvalue weighted by atomic mass is 35.5. The summed E-state index contributed by atoms with van der Waals surface area (Å²) in [6.07, 6.45) is 1.90. The lowest BCUT2D eigenvalue weighted by molar-refractivity contribution is -0.117. The van der Waals surface area contributed by atoms with Crippen LogP contribution in [0.5, 0.6) is 0 Å². The molecule has 2 atom stereocenters. The van der Waals surface area contributed by atoms with Crippen LogP contribution in [0.3, 0.4) is 0 Å². The number of carbonyl (C=O) groups is 2. The number of benzene rings is 3. The van der Waals surface area contributed by atoms with Gasteiger partial charge in [-0.3, -0.25) is 9.59 Å². The summed E-state index contributed by atoms with van der Waals surface area (Å²) in [5, 5.41) is 3.95. The van der Waals surface area contributed by atoms with Crippen molar-refractivity contribution in [3.63, 3.8) is 0 Å². The second-order valence-corrected chi connectivity index (χ2v) is 10.8. The quantitative estimate of drug-likeness (QED) is 0.237. The summed E-state index contributed by atoms with van der Waals surface area (Å²) in [7, 11) is 0. The summed E-state index contributed by atoms with van der Waals surface area (Å²) in [5.41, 5.74) is 3.21. The molecule has 3 aromatic rings. The van der Waals surface area contributed by atoms with Crippen molar-refractivity contribution >= 4 is 81.5 Å². The van der Waals surface area contributed by atoms with E-state index in [9.17, 15) is 9.59 Å². The van der Waals surface area contributed by atoms with Crippen LogP contribution in [0.15, 0.2) is 67.2 Å². The third kappa shape index (κ3) is 5.30. The van der Waals surface area contributed by atoms with Crippen LogP contribution in [0.25, 0.3) is 6.08 Å². The molecule has 1 aliphatic carbocycles. The maximum absolute atomic E-state index is 13.0. The van der Waals surface area contributed by atoms with Crippen molar-refractivity contribution in [2.75, 3.05) is 5.32 Å². The molecule has 2 unspecified atom stereocenters. The van der Waals surface area contributed by atoms with Crippen LogP contribution < -0.4 is 5.32 Å². The number of halogens is 5. The van der Waals surface area contributed by atoms with Gasteiger partial charge in [0.1, 0.15) is 4.33 Å². The lowest BCUT2D eigenvalue weighted by Crippen LogP contribution is -2.17. The van der Waals surface area contributed by atoms with E-state index in [2.05, 4.69) is 11.9 Å². The smallest absolute Gasteiger partial charge is 0.231 e. The highest BCUT2D eigenvalue weighted by Crippen LogP contribution is 2.65. The molecule has 0 radical (unpaired) electrons. The summed E-state index contributed by atoms with van der Waals surface area (Å²) in [6.45, 7) is 3.72. The normalized spacial score (nSPS) is 18.3. The number of carbonyl (C=O) groups excluding carboxylic acids is 2. The first kappa shape index (κ1) is 25.1. The Labute approximate surface area is 222 Å². The molecule has 3 nitrogen and oxygen atoms in total. The molecule has 0 aliphatic heterocycles. The van der Waals surface area contributed by atoms with E-state index in [0.717, 1.165) is 11.1 Å². The van der Waals surface area contributed by atoms with E-state index in [1.54, 1.807) is 42.5 Å². The van der Waals surface area contributed by atoms with Crippen molar-refractivity contribution in [3.8, 4) is 0 Å². The van der Waals surface area contributed by atoms with Crippen LogP contribution in [-0.4, -0.2) is 16.0 Å². The largest absolute Gasteiger partial charge is 0.326 e. The van der Waals surface area contributed by atoms with E-state index >= 15 is 0 Å². The van der Waals surface area contributed by atoms with Gasteiger partial charge in [0.2, 0.25) is 5.91 Å². The predicted octanol–water partition coefficient (Wildman–Crippen LogP) is 8.24. The van der Waals surface area contributed by atoms with Gasteiger partial charge in [-0.2, -0.15) is 0 Å². The lowest BCUT2D eigenvalue weighted by Gasteiger charge is -2.09. The van der Waals surface area contributed by atoms with Gasteiger partial charge in [0.05, 0.1) is 10.9 Å². The zero-order valence-corrected chi connectivity index (χ0v) is 21.4. The van der Waals surface area contributed by atoms with Crippen LogP contribution in [0.2, 0.25) is 15.1 Å². The molecule has 174 valence electrons. The Kier molecular flexibility index (Phi) is 7.33. The van der Waals surface area contributed by atoms with Gasteiger partial charge in [-0.15, -0.1) is 23.2 Å². The fourth-order valence-electron chi connectivity index (χ4n) is 3.91. The standard InChI is InChI=1S/C26H18Cl5NO2/c1-2-14-3-5-15(6-4-14)9-22(33)20-13-19(7-8-21(20)29)32-25(34)24-23(26(24,30)31)16-10-17(27)12-18(28)11-16/h2-8,10-13,23-24H,1,9H2,(H,32,34). The van der Waals surface area contributed by atoms with Crippen LogP contribution in [0.4, 0.5) is 5.69 Å². The van der Waals surface area contributed by atoms with Gasteiger partial charge in [-0.05, 0) is 53.1 Å². The monoisotopic (exact) mass is 551 g/mol. The molecular weight excluding hydrogens is 536 g/mol. The first-order valence-electron chi connectivity index (χ1n) is 10.3. The number of hydrogen-bond acceptors (Lipinski definition) is 2. The first-order valence-corrected chi connectivity index (χ1v) is 12.2. The first-order chi connectivity index (χ1) is 16.1. The maximum atomic E-state index is 13.0. The third-order valence-electron chi connectivity index (χ3n) is 5.69. The highest BCUT2D eigenvalue weighted by molar-refractivity contribution is 6.53. The van der Waals surface area contributed by atoms with Gasteiger partial charge in [0.25, 0.3) is 0 Å². The molecule has 3 aromatic carbocycles. The Bertz CT molecular complexity index is 1270. The zero-order chi connectivity index (χ0) is 24.6. The third-order valence-corrected chi connectivity index (χ3v) is 7.40. The second-order valence-electron chi connectivity index (χ2n) is 8.06. The van der Waals surface area contributed by atoms with Gasteiger partial charge in [-0.1, -0.05) is 71.7 Å². The van der Waals surface area contributed by atoms with Crippen molar-refractivity contribution in [2.24, 2.45) is 5.92 Å². The molecule has 1 N–H and O–H groups in total. The van der Waals surface area contributed by atoms with Crippen LogP contribution in [0, 0.1) is 5.92 Å². The summed E-state index contributed by atoms with van der Waals surface area (Å²) in [4.78, 5) is 25.9. The van der Waals surface area contributed by atoms with Gasteiger partial charge in [0.15, 0.2) is 5.78 Å². The molecule has 34 heavy (non-hydrogen) atoms. The highest BCUT2D eigenvalue weighted by Gasteiger charge is 2.67. The molecule has 0 aromatic heterocycles. The Morgan fingerprint density at radius 1 is 0.941 bits per heavy atom. The Morgan fingerprint density at radius 2 is 1.59 bits per heavy atom. The van der Waals surface area contributed by atoms with Crippen molar-refractivity contribution in [1.29, 1.82) is 0 Å². The van der Waals surface area contributed by atoms with E-state index in [1.165, 1.54) is 0 Å². The summed E-state index contributed by atoms with van der Waals surface area (Å²) in [5.74, 6) is -1.75. The average molecular weight is 554 g/mol. The van der Waals surface area contributed by atoms with Gasteiger partial charge >= 0.3 is 0 Å².